The van der Waals surface area contributed by atoms with Crippen LogP contribution in [0.15, 0.2) is 11.4 Å². The van der Waals surface area contributed by atoms with E-state index in [1.165, 1.54) is 11.3 Å². The highest BCUT2D eigenvalue weighted by atomic mass is 35.5. The molecule has 23 heavy (non-hydrogen) atoms. The summed E-state index contributed by atoms with van der Waals surface area (Å²) in [5.41, 5.74) is 0.0892. The number of ketones is 1. The van der Waals surface area contributed by atoms with Gasteiger partial charge in [0.15, 0.2) is 5.78 Å². The number of carbonyl (C=O) groups is 2. The third-order valence-corrected chi connectivity index (χ3v) is 5.03. The number of piperidine rings is 1. The number of halogens is 1. The van der Waals surface area contributed by atoms with Crippen molar-refractivity contribution >= 4 is 34.8 Å². The monoisotopic (exact) mass is 357 g/mol. The zero-order valence-corrected chi connectivity index (χ0v) is 15.7. The first-order valence-electron chi connectivity index (χ1n) is 7.96. The van der Waals surface area contributed by atoms with Gasteiger partial charge in [-0.15, -0.1) is 11.3 Å². The Morgan fingerprint density at radius 2 is 2.09 bits per heavy atom. The van der Waals surface area contributed by atoms with Gasteiger partial charge in [-0.2, -0.15) is 0 Å². The van der Waals surface area contributed by atoms with Crippen molar-refractivity contribution < 1.29 is 14.3 Å². The summed E-state index contributed by atoms with van der Waals surface area (Å²) in [5.74, 6) is 0.0285. The Balaban J connectivity index is 2.10. The van der Waals surface area contributed by atoms with Gasteiger partial charge in [0, 0.05) is 29.4 Å². The molecule has 0 bridgehead atoms. The molecule has 1 aromatic rings. The number of Topliss-reactive ketones (excluding diaryl/α,β-unsaturated/α-hetero) is 1. The van der Waals surface area contributed by atoms with E-state index in [9.17, 15) is 9.59 Å². The van der Waals surface area contributed by atoms with Crippen molar-refractivity contribution in [3.05, 3.63) is 21.3 Å². The van der Waals surface area contributed by atoms with Crippen LogP contribution in [0.4, 0.5) is 4.79 Å². The SMILES string of the molecule is CC1CCCC(CC(=O)c2csc(Cl)c2)N1C(=O)OC(C)(C)C. The molecule has 2 atom stereocenters. The van der Waals surface area contributed by atoms with E-state index < -0.39 is 5.60 Å². The van der Waals surface area contributed by atoms with Crippen molar-refractivity contribution in [3.8, 4) is 0 Å². The highest BCUT2D eigenvalue weighted by molar-refractivity contribution is 7.14. The number of nitrogens with zero attached hydrogens (tertiary/aromatic N) is 1. The Bertz CT molecular complexity index is 579. The van der Waals surface area contributed by atoms with E-state index in [2.05, 4.69) is 0 Å². The summed E-state index contributed by atoms with van der Waals surface area (Å²) in [6, 6.07) is 1.67. The molecule has 2 rings (SSSR count). The number of ether oxygens (including phenoxy) is 1. The number of likely N-dealkylation sites (tertiary alicyclic amines) is 1. The molecule has 1 aromatic heterocycles. The molecule has 2 unspecified atom stereocenters. The van der Waals surface area contributed by atoms with Crippen LogP contribution in [-0.2, 0) is 4.74 Å². The third kappa shape index (κ3) is 4.95. The predicted octanol–water partition coefficient (Wildman–Crippen LogP) is 5.15. The Hall–Kier alpha value is -1.07. The molecule has 0 N–H and O–H groups in total. The molecule has 1 amide bonds. The molecule has 2 heterocycles. The Morgan fingerprint density at radius 3 is 2.65 bits per heavy atom. The first-order valence-corrected chi connectivity index (χ1v) is 9.21. The molecule has 1 fully saturated rings. The molecular formula is C17H24ClNO3S. The van der Waals surface area contributed by atoms with Crippen LogP contribution in [0.25, 0.3) is 0 Å². The minimum atomic E-state index is -0.538. The number of rotatable bonds is 3. The lowest BCUT2D eigenvalue weighted by Crippen LogP contribution is -2.51. The Kier molecular flexibility index (Phi) is 5.74. The molecule has 1 saturated heterocycles. The van der Waals surface area contributed by atoms with Crippen LogP contribution in [0.5, 0.6) is 0 Å². The quantitative estimate of drug-likeness (QED) is 0.702. The second-order valence-corrected chi connectivity index (χ2v) is 8.63. The largest absolute Gasteiger partial charge is 0.444 e. The van der Waals surface area contributed by atoms with Crippen molar-refractivity contribution in [1.82, 2.24) is 4.90 Å². The van der Waals surface area contributed by atoms with E-state index in [4.69, 9.17) is 16.3 Å². The predicted molar refractivity (Wildman–Crippen MR) is 93.5 cm³/mol. The molecule has 1 aliphatic heterocycles. The minimum Gasteiger partial charge on any atom is -0.444 e. The lowest BCUT2D eigenvalue weighted by molar-refractivity contribution is -0.00305. The summed E-state index contributed by atoms with van der Waals surface area (Å²) in [7, 11) is 0. The number of hydrogen-bond donors (Lipinski definition) is 0. The molecule has 128 valence electrons. The van der Waals surface area contributed by atoms with Crippen LogP contribution < -0.4 is 0 Å². The van der Waals surface area contributed by atoms with Gasteiger partial charge in [-0.05, 0) is 53.0 Å². The fraction of sp³-hybridized carbons (Fsp3) is 0.647. The van der Waals surface area contributed by atoms with Crippen LogP contribution in [0.3, 0.4) is 0 Å². The topological polar surface area (TPSA) is 46.6 Å². The van der Waals surface area contributed by atoms with Crippen LogP contribution in [-0.4, -0.2) is 34.5 Å². The van der Waals surface area contributed by atoms with Crippen LogP contribution in [0, 0.1) is 0 Å². The molecule has 4 nitrogen and oxygen atoms in total. The summed E-state index contributed by atoms with van der Waals surface area (Å²) >= 11 is 7.25. The van der Waals surface area contributed by atoms with Gasteiger partial charge in [0.2, 0.25) is 0 Å². The highest BCUT2D eigenvalue weighted by Gasteiger charge is 2.35. The van der Waals surface area contributed by atoms with Crippen molar-refractivity contribution in [2.45, 2.75) is 71.1 Å². The average molecular weight is 358 g/mol. The smallest absolute Gasteiger partial charge is 0.410 e. The van der Waals surface area contributed by atoms with Crippen LogP contribution in [0.2, 0.25) is 4.34 Å². The van der Waals surface area contributed by atoms with Gasteiger partial charge in [-0.3, -0.25) is 4.79 Å². The van der Waals surface area contributed by atoms with Crippen molar-refractivity contribution in [3.63, 3.8) is 0 Å². The third-order valence-electron chi connectivity index (χ3n) is 3.94. The summed E-state index contributed by atoms with van der Waals surface area (Å²) < 4.78 is 6.13. The summed E-state index contributed by atoms with van der Waals surface area (Å²) in [4.78, 5) is 26.7. The maximum Gasteiger partial charge on any atom is 0.410 e. The molecule has 0 radical (unpaired) electrons. The lowest BCUT2D eigenvalue weighted by Gasteiger charge is -2.41. The van der Waals surface area contributed by atoms with Gasteiger partial charge < -0.3 is 9.64 Å². The van der Waals surface area contributed by atoms with Gasteiger partial charge in [0.25, 0.3) is 0 Å². The van der Waals surface area contributed by atoms with E-state index >= 15 is 0 Å². The standard InChI is InChI=1S/C17H24ClNO3S/c1-11-6-5-7-13(19(11)16(21)22-17(2,3)4)9-14(20)12-8-15(18)23-10-12/h8,10-11,13H,5-7,9H2,1-4H3. The van der Waals surface area contributed by atoms with Gasteiger partial charge in [0.05, 0.1) is 4.34 Å². The van der Waals surface area contributed by atoms with Gasteiger partial charge in [0.1, 0.15) is 5.60 Å². The summed E-state index contributed by atoms with van der Waals surface area (Å²) in [6.07, 6.45) is 2.77. The molecular weight excluding hydrogens is 334 g/mol. The average Bonchev–Trinajstić information content (AvgIpc) is 2.83. The molecule has 0 aliphatic carbocycles. The molecule has 0 aromatic carbocycles. The molecule has 1 aliphatic rings. The first-order chi connectivity index (χ1) is 10.7. The van der Waals surface area contributed by atoms with Gasteiger partial charge in [-0.25, -0.2) is 4.79 Å². The Morgan fingerprint density at radius 1 is 1.39 bits per heavy atom. The van der Waals surface area contributed by atoms with Gasteiger partial charge in [-0.1, -0.05) is 11.6 Å². The molecule has 0 spiro atoms. The van der Waals surface area contributed by atoms with E-state index in [0.717, 1.165) is 19.3 Å². The van der Waals surface area contributed by atoms with Gasteiger partial charge >= 0.3 is 6.09 Å². The Labute approximate surface area is 146 Å². The number of thiophene rings is 1. The lowest BCUT2D eigenvalue weighted by atomic mass is 9.92. The normalized spacial score (nSPS) is 22.0. The molecule has 6 heteroatoms. The zero-order valence-electron chi connectivity index (χ0n) is 14.1. The summed E-state index contributed by atoms with van der Waals surface area (Å²) in [6.45, 7) is 7.58. The van der Waals surface area contributed by atoms with E-state index in [1.54, 1.807) is 16.3 Å². The van der Waals surface area contributed by atoms with E-state index in [-0.39, 0.29) is 24.0 Å². The zero-order chi connectivity index (χ0) is 17.2. The second kappa shape index (κ2) is 7.22. The van der Waals surface area contributed by atoms with Crippen LogP contribution in [0.1, 0.15) is 63.7 Å². The van der Waals surface area contributed by atoms with Crippen molar-refractivity contribution in [2.24, 2.45) is 0 Å². The maximum absolute atomic E-state index is 12.5. The first kappa shape index (κ1) is 18.3. The van der Waals surface area contributed by atoms with Crippen LogP contribution >= 0.6 is 22.9 Å². The number of amides is 1. The maximum atomic E-state index is 12.5. The van der Waals surface area contributed by atoms with E-state index in [1.807, 2.05) is 27.7 Å². The van der Waals surface area contributed by atoms with E-state index in [0.29, 0.717) is 16.3 Å². The highest BCUT2D eigenvalue weighted by Crippen LogP contribution is 2.29. The molecule has 0 saturated carbocycles. The number of hydrogen-bond acceptors (Lipinski definition) is 4. The summed E-state index contributed by atoms with van der Waals surface area (Å²) in [5, 5.41) is 1.77. The fourth-order valence-electron chi connectivity index (χ4n) is 2.92. The van der Waals surface area contributed by atoms with Crippen molar-refractivity contribution in [1.29, 1.82) is 0 Å². The van der Waals surface area contributed by atoms with Crippen molar-refractivity contribution in [2.75, 3.05) is 0 Å². The minimum absolute atomic E-state index is 0.0285. The second-order valence-electron chi connectivity index (χ2n) is 7.09. The number of carbonyl (C=O) groups excluding carboxylic acids is 2. The fourth-order valence-corrected chi connectivity index (χ4v) is 3.80.